The van der Waals surface area contributed by atoms with Crippen LogP contribution in [0.4, 0.5) is 0 Å². The number of hydrogen-bond donors (Lipinski definition) is 0. The van der Waals surface area contributed by atoms with Gasteiger partial charge in [0.2, 0.25) is 0 Å². The summed E-state index contributed by atoms with van der Waals surface area (Å²) in [5, 5.41) is 0.578. The molecule has 3 aromatic carbocycles. The van der Waals surface area contributed by atoms with Crippen molar-refractivity contribution in [3.05, 3.63) is 112 Å². The maximum atomic E-state index is 13.6. The molecule has 1 unspecified atom stereocenters. The van der Waals surface area contributed by atoms with Crippen molar-refractivity contribution in [1.29, 1.82) is 0 Å². The summed E-state index contributed by atoms with van der Waals surface area (Å²) in [6.07, 6.45) is 0. The van der Waals surface area contributed by atoms with Crippen molar-refractivity contribution in [3.8, 4) is 0 Å². The van der Waals surface area contributed by atoms with Gasteiger partial charge in [-0.2, -0.15) is 0 Å². The molecule has 0 fully saturated rings. The predicted octanol–water partition coefficient (Wildman–Crippen LogP) is 5.30. The first-order valence-electron chi connectivity index (χ1n) is 11.3. The maximum absolute atomic E-state index is 13.6. The molecule has 168 valence electrons. The Kier molecular flexibility index (Phi) is 6.68. The smallest absolute Gasteiger partial charge is 0.261 e. The van der Waals surface area contributed by atoms with Crippen LogP contribution < -0.4 is 5.56 Å². The molecule has 5 nitrogen and oxygen atoms in total. The lowest BCUT2D eigenvalue weighted by Gasteiger charge is -2.32. The summed E-state index contributed by atoms with van der Waals surface area (Å²) in [4.78, 5) is 33.8. The minimum atomic E-state index is -0.388. The lowest BCUT2D eigenvalue weighted by molar-refractivity contribution is 0.0653. The highest BCUT2D eigenvalue weighted by Gasteiger charge is 2.27. The quantitative estimate of drug-likeness (QED) is 0.392. The van der Waals surface area contributed by atoms with Crippen LogP contribution in [0.2, 0.25) is 0 Å². The molecule has 0 N–H and O–H groups in total. The number of aromatic nitrogens is 2. The standard InChI is InChI=1S/C28H29N3O2/c1-20(2)18-30(27(32)23-14-8-5-9-15-23)21(3)26-29-25-17-11-10-16-24(25)28(33)31(26)19-22-12-6-4-7-13-22/h4-17,20-21H,18-19H2,1-3H3. The van der Waals surface area contributed by atoms with E-state index in [9.17, 15) is 9.59 Å². The Hall–Kier alpha value is -3.73. The second-order valence-corrected chi connectivity index (χ2v) is 8.76. The molecule has 0 saturated heterocycles. The van der Waals surface area contributed by atoms with Crippen molar-refractivity contribution >= 4 is 16.8 Å². The molecule has 33 heavy (non-hydrogen) atoms. The Bertz CT molecular complexity index is 1300. The van der Waals surface area contributed by atoms with Gasteiger partial charge >= 0.3 is 0 Å². The molecule has 4 rings (SSSR count). The normalized spacial score (nSPS) is 12.1. The molecule has 1 atom stereocenters. The van der Waals surface area contributed by atoms with Crippen molar-refractivity contribution < 1.29 is 4.79 Å². The van der Waals surface area contributed by atoms with Gasteiger partial charge in [0.05, 0.1) is 23.5 Å². The first-order chi connectivity index (χ1) is 16.0. The van der Waals surface area contributed by atoms with Gasteiger partial charge in [0, 0.05) is 12.1 Å². The van der Waals surface area contributed by atoms with Gasteiger partial charge in [-0.3, -0.25) is 14.2 Å². The van der Waals surface area contributed by atoms with Gasteiger partial charge in [0.1, 0.15) is 5.82 Å². The number of rotatable bonds is 7. The highest BCUT2D eigenvalue weighted by Crippen LogP contribution is 2.24. The highest BCUT2D eigenvalue weighted by atomic mass is 16.2. The van der Waals surface area contributed by atoms with Crippen molar-refractivity contribution in [2.24, 2.45) is 5.92 Å². The summed E-state index contributed by atoms with van der Waals surface area (Å²) in [6.45, 7) is 7.09. The molecule has 0 bridgehead atoms. The molecule has 0 aliphatic rings. The molecule has 1 aromatic heterocycles. The monoisotopic (exact) mass is 439 g/mol. The highest BCUT2D eigenvalue weighted by molar-refractivity contribution is 5.94. The van der Waals surface area contributed by atoms with E-state index in [2.05, 4.69) is 13.8 Å². The SMILES string of the molecule is CC(C)CN(C(=O)c1ccccc1)C(C)c1nc2ccccc2c(=O)n1Cc1ccccc1. The van der Waals surface area contributed by atoms with Crippen molar-refractivity contribution in [3.63, 3.8) is 0 Å². The Morgan fingerprint density at radius 3 is 2.15 bits per heavy atom. The van der Waals surface area contributed by atoms with E-state index in [1.54, 1.807) is 4.57 Å². The van der Waals surface area contributed by atoms with Crippen LogP contribution in [0.15, 0.2) is 89.7 Å². The first kappa shape index (κ1) is 22.5. The molecule has 0 radical (unpaired) electrons. The van der Waals surface area contributed by atoms with E-state index in [0.717, 1.165) is 5.56 Å². The summed E-state index contributed by atoms with van der Waals surface area (Å²) < 4.78 is 1.72. The summed E-state index contributed by atoms with van der Waals surface area (Å²) in [5.41, 5.74) is 2.19. The van der Waals surface area contributed by atoms with E-state index in [1.807, 2.05) is 96.8 Å². The molecule has 1 heterocycles. The first-order valence-corrected chi connectivity index (χ1v) is 11.3. The third-order valence-corrected chi connectivity index (χ3v) is 5.76. The van der Waals surface area contributed by atoms with E-state index in [0.29, 0.717) is 35.4 Å². The van der Waals surface area contributed by atoms with Crippen LogP contribution in [0.25, 0.3) is 10.9 Å². The van der Waals surface area contributed by atoms with Gasteiger partial charge in [-0.25, -0.2) is 4.98 Å². The van der Waals surface area contributed by atoms with Crippen LogP contribution in [-0.2, 0) is 6.54 Å². The number of carbonyl (C=O) groups excluding carboxylic acids is 1. The van der Waals surface area contributed by atoms with Crippen LogP contribution in [-0.4, -0.2) is 26.9 Å². The van der Waals surface area contributed by atoms with Gasteiger partial charge in [0.15, 0.2) is 0 Å². The third-order valence-electron chi connectivity index (χ3n) is 5.76. The Balaban J connectivity index is 1.85. The van der Waals surface area contributed by atoms with Crippen molar-refractivity contribution in [1.82, 2.24) is 14.5 Å². The molecule has 0 aliphatic heterocycles. The second-order valence-electron chi connectivity index (χ2n) is 8.76. The third kappa shape index (κ3) is 4.87. The lowest BCUT2D eigenvalue weighted by atomic mass is 10.1. The van der Waals surface area contributed by atoms with Crippen LogP contribution in [0.1, 0.15) is 48.6 Å². The van der Waals surface area contributed by atoms with Crippen LogP contribution in [0.3, 0.4) is 0 Å². The van der Waals surface area contributed by atoms with Crippen LogP contribution in [0, 0.1) is 5.92 Å². The van der Waals surface area contributed by atoms with Gasteiger partial charge in [0.25, 0.3) is 11.5 Å². The number of para-hydroxylation sites is 1. The Labute approximate surface area is 194 Å². The number of nitrogens with zero attached hydrogens (tertiary/aromatic N) is 3. The Morgan fingerprint density at radius 2 is 1.48 bits per heavy atom. The Morgan fingerprint density at radius 1 is 0.879 bits per heavy atom. The van der Waals surface area contributed by atoms with Gasteiger partial charge in [-0.1, -0.05) is 74.5 Å². The number of fused-ring (bicyclic) bond motifs is 1. The van der Waals surface area contributed by atoms with Crippen LogP contribution in [0.5, 0.6) is 0 Å². The predicted molar refractivity (Wildman–Crippen MR) is 132 cm³/mol. The van der Waals surface area contributed by atoms with Gasteiger partial charge in [-0.05, 0) is 42.7 Å². The fourth-order valence-corrected chi connectivity index (χ4v) is 4.12. The zero-order chi connectivity index (χ0) is 23.4. The molecular weight excluding hydrogens is 410 g/mol. The average Bonchev–Trinajstić information content (AvgIpc) is 2.84. The molecule has 4 aromatic rings. The zero-order valence-electron chi connectivity index (χ0n) is 19.3. The van der Waals surface area contributed by atoms with E-state index < -0.39 is 0 Å². The minimum absolute atomic E-state index is 0.0644. The van der Waals surface area contributed by atoms with Crippen LogP contribution >= 0.6 is 0 Å². The molecule has 0 spiro atoms. The van der Waals surface area contributed by atoms with Crippen molar-refractivity contribution in [2.75, 3.05) is 6.54 Å². The second kappa shape index (κ2) is 9.82. The summed E-state index contributed by atoms with van der Waals surface area (Å²) in [7, 11) is 0. The number of benzene rings is 3. The molecule has 0 saturated carbocycles. The summed E-state index contributed by atoms with van der Waals surface area (Å²) >= 11 is 0. The van der Waals surface area contributed by atoms with E-state index in [4.69, 9.17) is 4.98 Å². The van der Waals surface area contributed by atoms with Gasteiger partial charge in [-0.15, -0.1) is 0 Å². The molecule has 1 amide bonds. The summed E-state index contributed by atoms with van der Waals surface area (Å²) in [5.74, 6) is 0.785. The maximum Gasteiger partial charge on any atom is 0.261 e. The number of amides is 1. The number of hydrogen-bond acceptors (Lipinski definition) is 3. The summed E-state index contributed by atoms with van der Waals surface area (Å²) in [6, 6.07) is 26.2. The molecule has 0 aliphatic carbocycles. The largest absolute Gasteiger partial charge is 0.328 e. The van der Waals surface area contributed by atoms with E-state index in [1.165, 1.54) is 0 Å². The minimum Gasteiger partial charge on any atom is -0.328 e. The molecule has 5 heteroatoms. The fourth-order valence-electron chi connectivity index (χ4n) is 4.12. The number of carbonyl (C=O) groups is 1. The van der Waals surface area contributed by atoms with Gasteiger partial charge < -0.3 is 4.90 Å². The fraction of sp³-hybridized carbons (Fsp3) is 0.250. The lowest BCUT2D eigenvalue weighted by Crippen LogP contribution is -2.40. The van der Waals surface area contributed by atoms with Crippen molar-refractivity contribution in [2.45, 2.75) is 33.4 Å². The average molecular weight is 440 g/mol. The topological polar surface area (TPSA) is 55.2 Å². The van der Waals surface area contributed by atoms with E-state index >= 15 is 0 Å². The zero-order valence-corrected chi connectivity index (χ0v) is 19.3. The molecular formula is C28H29N3O2. The van der Waals surface area contributed by atoms with E-state index in [-0.39, 0.29) is 23.4 Å².